The molecule has 0 saturated carbocycles. The molecule has 14 heteroatoms. The fourth-order valence-corrected chi connectivity index (χ4v) is 2.30. The van der Waals surface area contributed by atoms with Gasteiger partial charge in [-0.15, -0.1) is 0 Å². The van der Waals surface area contributed by atoms with Crippen LogP contribution in [0, 0.1) is 5.41 Å². The van der Waals surface area contributed by atoms with E-state index in [1.54, 1.807) is 30.5 Å². The number of carboxylic acids is 1. The second-order valence-corrected chi connectivity index (χ2v) is 6.37. The number of esters is 1. The van der Waals surface area contributed by atoms with Crippen LogP contribution in [-0.2, 0) is 25.7 Å². The van der Waals surface area contributed by atoms with Gasteiger partial charge in [0.15, 0.2) is 0 Å². The highest BCUT2D eigenvalue weighted by atomic mass is 19.4. The Bertz CT molecular complexity index is 1040. The summed E-state index contributed by atoms with van der Waals surface area (Å²) in [7, 11) is 1.31. The molecule has 0 radical (unpaired) electrons. The van der Waals surface area contributed by atoms with E-state index >= 15 is 0 Å². The van der Waals surface area contributed by atoms with Crippen LogP contribution in [0.4, 0.5) is 13.2 Å². The van der Waals surface area contributed by atoms with Crippen LogP contribution in [0.3, 0.4) is 0 Å². The largest absolute Gasteiger partial charge is 0.490 e. The van der Waals surface area contributed by atoms with E-state index in [2.05, 4.69) is 10.1 Å². The molecule has 0 spiro atoms. The minimum absolute atomic E-state index is 0.0506. The van der Waals surface area contributed by atoms with Gasteiger partial charge in [-0.1, -0.05) is 0 Å². The molecule has 5 N–H and O–H groups in total. The fourth-order valence-electron chi connectivity index (χ4n) is 2.30. The molecule has 0 bridgehead atoms. The lowest BCUT2D eigenvalue weighted by Gasteiger charge is -2.06. The number of carbonyl (C=O) groups excluding carboxylic acids is 2. The predicted octanol–water partition coefficient (Wildman–Crippen LogP) is 0.626. The fraction of sp³-hybridized carbons (Fsp3) is 0.316. The zero-order valence-corrected chi connectivity index (χ0v) is 17.4. The molecule has 1 aromatic carbocycles. The van der Waals surface area contributed by atoms with Crippen molar-refractivity contribution in [1.82, 2.24) is 14.5 Å². The third kappa shape index (κ3) is 8.88. The van der Waals surface area contributed by atoms with Gasteiger partial charge < -0.3 is 20.9 Å². The van der Waals surface area contributed by atoms with Gasteiger partial charge in [0.2, 0.25) is 5.91 Å². The number of carbonyl (C=O) groups is 3. The Kier molecular flexibility index (Phi) is 9.85. The molecule has 0 aliphatic rings. The minimum Gasteiger partial charge on any atom is -0.475 e. The van der Waals surface area contributed by atoms with Crippen molar-refractivity contribution in [3.05, 3.63) is 52.7 Å². The van der Waals surface area contributed by atoms with Crippen LogP contribution in [0.2, 0.25) is 0 Å². The van der Waals surface area contributed by atoms with Crippen molar-refractivity contribution in [3.63, 3.8) is 0 Å². The molecule has 0 saturated heterocycles. The first-order chi connectivity index (χ1) is 15.4. The number of hydrogen-bond acceptors (Lipinski definition) is 6. The predicted molar refractivity (Wildman–Crippen MR) is 109 cm³/mol. The quantitative estimate of drug-likeness (QED) is 0.189. The van der Waals surface area contributed by atoms with Crippen molar-refractivity contribution in [2.75, 3.05) is 13.7 Å². The maximum atomic E-state index is 12.4. The van der Waals surface area contributed by atoms with Crippen molar-refractivity contribution >= 4 is 23.7 Å². The number of alkyl halides is 3. The van der Waals surface area contributed by atoms with E-state index < -0.39 is 12.1 Å². The third-order valence-electron chi connectivity index (χ3n) is 3.97. The summed E-state index contributed by atoms with van der Waals surface area (Å²) >= 11 is 0. The van der Waals surface area contributed by atoms with Crippen LogP contribution in [0.25, 0.3) is 5.69 Å². The molecule has 0 fully saturated rings. The Morgan fingerprint density at radius 3 is 2.24 bits per heavy atom. The number of carboxylic acid groups (broad SMARTS) is 1. The smallest absolute Gasteiger partial charge is 0.475 e. The maximum Gasteiger partial charge on any atom is 0.490 e. The summed E-state index contributed by atoms with van der Waals surface area (Å²) in [5.74, 6) is -3.46. The number of rotatable bonds is 8. The van der Waals surface area contributed by atoms with Crippen molar-refractivity contribution in [2.45, 2.75) is 25.6 Å². The molecule has 0 aliphatic heterocycles. The number of hydrogen-bond donors (Lipinski definition) is 4. The summed E-state index contributed by atoms with van der Waals surface area (Å²) < 4.78 is 38.9. The molecule has 0 atom stereocenters. The SMILES string of the molecule is COC(=O)CCCNC(=O)Cn1ccn(-c2ccc(C(=N)N)cc2)c1=O.O=C(O)C(F)(F)F. The van der Waals surface area contributed by atoms with Gasteiger partial charge in [-0.05, 0) is 30.7 Å². The van der Waals surface area contributed by atoms with Crippen LogP contribution in [0.15, 0.2) is 41.5 Å². The molecule has 2 aromatic rings. The van der Waals surface area contributed by atoms with Gasteiger partial charge >= 0.3 is 23.8 Å². The first kappa shape index (κ1) is 26.9. The average Bonchev–Trinajstić information content (AvgIpc) is 3.10. The summed E-state index contributed by atoms with van der Waals surface area (Å²) in [5.41, 5.74) is 6.22. The average molecular weight is 473 g/mol. The summed E-state index contributed by atoms with van der Waals surface area (Å²) in [4.78, 5) is 44.2. The Labute approximate surface area is 185 Å². The highest BCUT2D eigenvalue weighted by Crippen LogP contribution is 2.13. The van der Waals surface area contributed by atoms with Gasteiger partial charge in [0, 0.05) is 30.9 Å². The van der Waals surface area contributed by atoms with Gasteiger partial charge in [0.05, 0.1) is 12.8 Å². The highest BCUT2D eigenvalue weighted by Gasteiger charge is 2.38. The maximum absolute atomic E-state index is 12.4. The van der Waals surface area contributed by atoms with Gasteiger partial charge in [0.1, 0.15) is 12.4 Å². The second-order valence-electron chi connectivity index (χ2n) is 6.37. The number of amidine groups is 1. The lowest BCUT2D eigenvalue weighted by molar-refractivity contribution is -0.192. The number of halogens is 3. The molecule has 1 aromatic heterocycles. The Hall–Kier alpha value is -4.10. The first-order valence-corrected chi connectivity index (χ1v) is 9.23. The number of methoxy groups -OCH3 is 1. The van der Waals surface area contributed by atoms with Crippen molar-refractivity contribution < 1.29 is 37.4 Å². The van der Waals surface area contributed by atoms with Crippen LogP contribution >= 0.6 is 0 Å². The number of nitrogens with two attached hydrogens (primary N) is 1. The lowest BCUT2D eigenvalue weighted by atomic mass is 10.2. The van der Waals surface area contributed by atoms with Crippen molar-refractivity contribution in [2.24, 2.45) is 5.73 Å². The molecule has 0 unspecified atom stereocenters. The summed E-state index contributed by atoms with van der Waals surface area (Å²) in [6.45, 7) is 0.214. The molecule has 33 heavy (non-hydrogen) atoms. The summed E-state index contributed by atoms with van der Waals surface area (Å²) in [6.07, 6.45) is -1.30. The van der Waals surface area contributed by atoms with E-state index in [9.17, 15) is 27.6 Å². The zero-order chi connectivity index (χ0) is 25.2. The Morgan fingerprint density at radius 2 is 1.76 bits per heavy atom. The molecule has 11 nitrogen and oxygen atoms in total. The van der Waals surface area contributed by atoms with Crippen molar-refractivity contribution in [1.29, 1.82) is 5.41 Å². The number of aliphatic carboxylic acids is 1. The molecule has 1 amide bonds. The third-order valence-corrected chi connectivity index (χ3v) is 3.97. The summed E-state index contributed by atoms with van der Waals surface area (Å²) in [6, 6.07) is 6.65. The number of ether oxygens (including phenoxy) is 1. The van der Waals surface area contributed by atoms with E-state index in [0.717, 1.165) is 0 Å². The highest BCUT2D eigenvalue weighted by molar-refractivity contribution is 5.95. The Morgan fingerprint density at radius 1 is 1.18 bits per heavy atom. The van der Waals surface area contributed by atoms with Crippen LogP contribution in [-0.4, -0.2) is 57.8 Å². The van der Waals surface area contributed by atoms with E-state index in [1.807, 2.05) is 0 Å². The molecule has 1 heterocycles. The van der Waals surface area contributed by atoms with Gasteiger partial charge in [-0.25, -0.2) is 9.59 Å². The normalized spacial score (nSPS) is 10.5. The Balaban J connectivity index is 0.000000675. The number of amides is 1. The van der Waals surface area contributed by atoms with Crippen LogP contribution in [0.5, 0.6) is 0 Å². The van der Waals surface area contributed by atoms with E-state index in [0.29, 0.717) is 24.2 Å². The topological polar surface area (TPSA) is 169 Å². The molecular weight excluding hydrogens is 451 g/mol. The first-order valence-electron chi connectivity index (χ1n) is 9.23. The van der Waals surface area contributed by atoms with E-state index in [4.69, 9.17) is 21.0 Å². The number of nitrogens with one attached hydrogen (secondary N) is 2. The molecule has 2 rings (SSSR count). The number of nitrogen functional groups attached to an aromatic ring is 1. The monoisotopic (exact) mass is 473 g/mol. The van der Waals surface area contributed by atoms with Crippen LogP contribution in [0.1, 0.15) is 18.4 Å². The summed E-state index contributed by atoms with van der Waals surface area (Å²) in [5, 5.41) is 17.2. The number of benzene rings is 1. The van der Waals surface area contributed by atoms with Crippen molar-refractivity contribution in [3.8, 4) is 5.69 Å². The number of nitrogens with zero attached hydrogens (tertiary/aromatic N) is 2. The van der Waals surface area contributed by atoms with E-state index in [1.165, 1.54) is 22.4 Å². The molecular formula is C19H22F3N5O6. The molecule has 0 aliphatic carbocycles. The number of aromatic nitrogens is 2. The van der Waals surface area contributed by atoms with Gasteiger partial charge in [-0.2, -0.15) is 13.2 Å². The standard InChI is InChI=1S/C17H21N5O4.C2HF3O2/c1-26-15(24)3-2-8-20-14(23)11-21-9-10-22(17(21)25)13-6-4-12(5-7-13)16(18)19;3-2(4,5)1(6)7/h4-7,9-10H,2-3,8,11H2,1H3,(H3,18,19)(H,20,23);(H,6,7). The van der Waals surface area contributed by atoms with Gasteiger partial charge in [0.25, 0.3) is 0 Å². The lowest BCUT2D eigenvalue weighted by Crippen LogP contribution is -2.33. The zero-order valence-electron chi connectivity index (χ0n) is 17.4. The van der Waals surface area contributed by atoms with Gasteiger partial charge in [-0.3, -0.25) is 24.1 Å². The minimum atomic E-state index is -5.08. The van der Waals surface area contributed by atoms with Crippen LogP contribution < -0.4 is 16.7 Å². The second kappa shape index (κ2) is 12.1. The molecule has 180 valence electrons. The van der Waals surface area contributed by atoms with E-state index in [-0.39, 0.29) is 36.4 Å². The number of imidazole rings is 1.